The highest BCUT2D eigenvalue weighted by atomic mass is 79.9. The molecule has 2 rings (SSSR count). The number of hydrogen-bond donors (Lipinski definition) is 1. The summed E-state index contributed by atoms with van der Waals surface area (Å²) in [6, 6.07) is 5.38. The van der Waals surface area contributed by atoms with Crippen molar-refractivity contribution in [2.24, 2.45) is 5.73 Å². The number of ether oxygens (including phenoxy) is 1. The van der Waals surface area contributed by atoms with E-state index < -0.39 is 0 Å². The maximum Gasteiger partial charge on any atom is 0.129 e. The van der Waals surface area contributed by atoms with Gasteiger partial charge in [0.05, 0.1) is 12.7 Å². The van der Waals surface area contributed by atoms with Gasteiger partial charge in [0.1, 0.15) is 5.82 Å². The van der Waals surface area contributed by atoms with Crippen LogP contribution in [0.3, 0.4) is 0 Å². The van der Waals surface area contributed by atoms with E-state index in [-0.39, 0.29) is 11.9 Å². The predicted octanol–water partition coefficient (Wildman–Crippen LogP) is 3.37. The molecule has 0 aliphatic heterocycles. The minimum absolute atomic E-state index is 0.216. The van der Waals surface area contributed by atoms with Crippen LogP contribution in [0.25, 0.3) is 0 Å². The second-order valence-corrected chi connectivity index (χ2v) is 5.50. The Labute approximate surface area is 109 Å². The molecule has 1 aromatic carbocycles. The molecule has 0 atom stereocenters. The zero-order chi connectivity index (χ0) is 12.3. The third-order valence-electron chi connectivity index (χ3n) is 3.21. The molecule has 0 saturated heterocycles. The SMILES string of the molecule is NC1CCC(OCc2ccc(Br)cc2F)CC1. The van der Waals surface area contributed by atoms with E-state index in [9.17, 15) is 4.39 Å². The summed E-state index contributed by atoms with van der Waals surface area (Å²) in [6.07, 6.45) is 4.22. The van der Waals surface area contributed by atoms with Gasteiger partial charge < -0.3 is 10.5 Å². The standard InChI is InChI=1S/C13H17BrFNO/c14-10-2-1-9(13(15)7-10)8-17-12-5-3-11(16)4-6-12/h1-2,7,11-12H,3-6,8,16H2. The Morgan fingerprint density at radius 1 is 1.29 bits per heavy atom. The third-order valence-corrected chi connectivity index (χ3v) is 3.70. The fourth-order valence-corrected chi connectivity index (χ4v) is 2.43. The van der Waals surface area contributed by atoms with Gasteiger partial charge in [-0.25, -0.2) is 4.39 Å². The van der Waals surface area contributed by atoms with Crippen LogP contribution in [0, 0.1) is 5.82 Å². The summed E-state index contributed by atoms with van der Waals surface area (Å²) in [5.74, 6) is -0.216. The molecule has 1 saturated carbocycles. The van der Waals surface area contributed by atoms with Gasteiger partial charge in [0.15, 0.2) is 0 Å². The summed E-state index contributed by atoms with van der Waals surface area (Å²) < 4.78 is 20.0. The second-order valence-electron chi connectivity index (χ2n) is 4.58. The predicted molar refractivity (Wildman–Crippen MR) is 69.1 cm³/mol. The topological polar surface area (TPSA) is 35.2 Å². The van der Waals surface area contributed by atoms with Gasteiger partial charge in [-0.3, -0.25) is 0 Å². The van der Waals surface area contributed by atoms with Gasteiger partial charge >= 0.3 is 0 Å². The lowest BCUT2D eigenvalue weighted by Gasteiger charge is -2.26. The molecule has 0 radical (unpaired) electrons. The van der Waals surface area contributed by atoms with Crippen LogP contribution in [0.5, 0.6) is 0 Å². The van der Waals surface area contributed by atoms with Gasteiger partial charge in [-0.05, 0) is 37.8 Å². The molecular weight excluding hydrogens is 285 g/mol. The van der Waals surface area contributed by atoms with Crippen molar-refractivity contribution in [2.45, 2.75) is 44.4 Å². The summed E-state index contributed by atoms with van der Waals surface area (Å²) in [6.45, 7) is 0.346. The normalized spacial score (nSPS) is 24.9. The first-order chi connectivity index (χ1) is 8.15. The highest BCUT2D eigenvalue weighted by molar-refractivity contribution is 9.10. The second kappa shape index (κ2) is 5.94. The summed E-state index contributed by atoms with van der Waals surface area (Å²) in [5, 5.41) is 0. The zero-order valence-corrected chi connectivity index (χ0v) is 11.2. The molecule has 0 aromatic heterocycles. The monoisotopic (exact) mass is 301 g/mol. The van der Waals surface area contributed by atoms with Crippen LogP contribution < -0.4 is 5.73 Å². The molecule has 1 aliphatic rings. The van der Waals surface area contributed by atoms with E-state index in [0.717, 1.165) is 30.2 Å². The fraction of sp³-hybridized carbons (Fsp3) is 0.538. The van der Waals surface area contributed by atoms with Crippen molar-refractivity contribution >= 4 is 15.9 Å². The lowest BCUT2D eigenvalue weighted by atomic mass is 9.94. The number of benzene rings is 1. The van der Waals surface area contributed by atoms with Crippen molar-refractivity contribution in [1.82, 2.24) is 0 Å². The summed E-state index contributed by atoms with van der Waals surface area (Å²) in [7, 11) is 0. The first-order valence-corrected chi connectivity index (χ1v) is 6.75. The number of halogens is 2. The Balaban J connectivity index is 1.85. The average molecular weight is 302 g/mol. The Bertz CT molecular complexity index is 378. The Morgan fingerprint density at radius 3 is 2.65 bits per heavy atom. The molecule has 0 spiro atoms. The highest BCUT2D eigenvalue weighted by Gasteiger charge is 2.19. The molecule has 0 heterocycles. The van der Waals surface area contributed by atoms with E-state index in [0.29, 0.717) is 18.2 Å². The lowest BCUT2D eigenvalue weighted by molar-refractivity contribution is 0.0126. The molecule has 4 heteroatoms. The minimum atomic E-state index is -0.216. The molecule has 2 N–H and O–H groups in total. The first-order valence-electron chi connectivity index (χ1n) is 5.96. The van der Waals surface area contributed by atoms with Gasteiger partial charge in [0.2, 0.25) is 0 Å². The Hall–Kier alpha value is -0.450. The van der Waals surface area contributed by atoms with Gasteiger partial charge in [0, 0.05) is 16.1 Å². The molecular formula is C13H17BrFNO. The zero-order valence-electron chi connectivity index (χ0n) is 9.66. The number of hydrogen-bond acceptors (Lipinski definition) is 2. The van der Waals surface area contributed by atoms with Crippen LogP contribution in [-0.4, -0.2) is 12.1 Å². The number of rotatable bonds is 3. The van der Waals surface area contributed by atoms with E-state index in [1.54, 1.807) is 6.07 Å². The molecule has 2 nitrogen and oxygen atoms in total. The molecule has 1 aliphatic carbocycles. The van der Waals surface area contributed by atoms with E-state index >= 15 is 0 Å². The lowest BCUT2D eigenvalue weighted by Crippen LogP contribution is -2.30. The smallest absolute Gasteiger partial charge is 0.129 e. The van der Waals surface area contributed by atoms with Crippen LogP contribution in [0.15, 0.2) is 22.7 Å². The molecule has 0 amide bonds. The molecule has 94 valence electrons. The summed E-state index contributed by atoms with van der Waals surface area (Å²) >= 11 is 3.24. The van der Waals surface area contributed by atoms with Crippen LogP contribution in [0.2, 0.25) is 0 Å². The maximum absolute atomic E-state index is 13.5. The van der Waals surface area contributed by atoms with Gasteiger partial charge in [-0.1, -0.05) is 22.0 Å². The van der Waals surface area contributed by atoms with E-state index in [1.807, 2.05) is 6.07 Å². The molecule has 1 aromatic rings. The van der Waals surface area contributed by atoms with Gasteiger partial charge in [0.25, 0.3) is 0 Å². The van der Waals surface area contributed by atoms with Crippen molar-refractivity contribution in [3.05, 3.63) is 34.1 Å². The van der Waals surface area contributed by atoms with Crippen LogP contribution in [0.4, 0.5) is 4.39 Å². The minimum Gasteiger partial charge on any atom is -0.373 e. The average Bonchev–Trinajstić information content (AvgIpc) is 2.30. The highest BCUT2D eigenvalue weighted by Crippen LogP contribution is 2.22. The number of nitrogens with two attached hydrogens (primary N) is 1. The third kappa shape index (κ3) is 3.76. The van der Waals surface area contributed by atoms with Gasteiger partial charge in [-0.15, -0.1) is 0 Å². The maximum atomic E-state index is 13.5. The van der Waals surface area contributed by atoms with Crippen LogP contribution in [-0.2, 0) is 11.3 Å². The van der Waals surface area contributed by atoms with Crippen molar-refractivity contribution in [1.29, 1.82) is 0 Å². The van der Waals surface area contributed by atoms with Crippen LogP contribution in [0.1, 0.15) is 31.2 Å². The van der Waals surface area contributed by atoms with Crippen LogP contribution >= 0.6 is 15.9 Å². The molecule has 0 unspecified atom stereocenters. The summed E-state index contributed by atoms with van der Waals surface area (Å²) in [5.41, 5.74) is 6.44. The van der Waals surface area contributed by atoms with Crippen molar-refractivity contribution < 1.29 is 9.13 Å². The van der Waals surface area contributed by atoms with E-state index in [2.05, 4.69) is 15.9 Å². The molecule has 0 bridgehead atoms. The van der Waals surface area contributed by atoms with Crippen molar-refractivity contribution in [3.8, 4) is 0 Å². The Kier molecular flexibility index (Phi) is 4.54. The van der Waals surface area contributed by atoms with Crippen molar-refractivity contribution in [3.63, 3.8) is 0 Å². The summed E-state index contributed by atoms with van der Waals surface area (Å²) in [4.78, 5) is 0. The van der Waals surface area contributed by atoms with Gasteiger partial charge in [-0.2, -0.15) is 0 Å². The van der Waals surface area contributed by atoms with Crippen molar-refractivity contribution in [2.75, 3.05) is 0 Å². The first kappa shape index (κ1) is 13.0. The Morgan fingerprint density at radius 2 is 2.00 bits per heavy atom. The largest absolute Gasteiger partial charge is 0.373 e. The fourth-order valence-electron chi connectivity index (χ4n) is 2.10. The van der Waals surface area contributed by atoms with E-state index in [1.165, 1.54) is 6.07 Å². The molecule has 1 fully saturated rings. The van der Waals surface area contributed by atoms with E-state index in [4.69, 9.17) is 10.5 Å². The molecule has 17 heavy (non-hydrogen) atoms. The quantitative estimate of drug-likeness (QED) is 0.929.